The Morgan fingerprint density at radius 3 is 2.62 bits per heavy atom. The van der Waals surface area contributed by atoms with Gasteiger partial charge in [0.15, 0.2) is 0 Å². The van der Waals surface area contributed by atoms with Crippen molar-refractivity contribution in [1.82, 2.24) is 9.55 Å². The van der Waals surface area contributed by atoms with Crippen molar-refractivity contribution in [2.75, 3.05) is 12.0 Å². The Morgan fingerprint density at radius 1 is 1.38 bits per heavy atom. The van der Waals surface area contributed by atoms with Gasteiger partial charge in [0.05, 0.1) is 22.8 Å². The van der Waals surface area contributed by atoms with Gasteiger partial charge in [-0.1, -0.05) is 11.6 Å². The lowest BCUT2D eigenvalue weighted by Gasteiger charge is -2.17. The number of benzene rings is 1. The highest BCUT2D eigenvalue weighted by molar-refractivity contribution is 7.90. The highest BCUT2D eigenvalue weighted by Crippen LogP contribution is 2.27. The van der Waals surface area contributed by atoms with Gasteiger partial charge in [0.1, 0.15) is 15.7 Å². The van der Waals surface area contributed by atoms with Gasteiger partial charge in [0, 0.05) is 17.3 Å². The molecule has 1 unspecified atom stereocenters. The second-order valence-electron chi connectivity index (χ2n) is 5.59. The van der Waals surface area contributed by atoms with E-state index in [-0.39, 0.29) is 11.8 Å². The van der Waals surface area contributed by atoms with Crippen molar-refractivity contribution in [1.29, 1.82) is 0 Å². The molecule has 0 saturated carbocycles. The van der Waals surface area contributed by atoms with Crippen LogP contribution in [0.4, 0.5) is 0 Å². The largest absolute Gasteiger partial charge is 0.324 e. The van der Waals surface area contributed by atoms with Crippen LogP contribution in [-0.4, -0.2) is 30.0 Å². The van der Waals surface area contributed by atoms with Crippen molar-refractivity contribution < 1.29 is 8.42 Å². The standard InChI is InChI=1S/C14H20ClN3O2S/c1-9(2)18-13-8-10(15)4-5-12(13)17-14(18)11(16)6-7-21(3,19)20/h4-5,8-9,11H,6-7,16H2,1-3H3. The molecule has 0 fully saturated rings. The molecular formula is C14H20ClN3O2S. The first-order valence-electron chi connectivity index (χ1n) is 6.79. The summed E-state index contributed by atoms with van der Waals surface area (Å²) in [6.07, 6.45) is 1.56. The summed E-state index contributed by atoms with van der Waals surface area (Å²) in [5.41, 5.74) is 7.90. The molecule has 0 aliphatic heterocycles. The number of nitrogens with two attached hydrogens (primary N) is 1. The molecule has 0 radical (unpaired) electrons. The second-order valence-corrected chi connectivity index (χ2v) is 8.29. The molecule has 1 atom stereocenters. The Labute approximate surface area is 130 Å². The fourth-order valence-corrected chi connectivity index (χ4v) is 3.21. The van der Waals surface area contributed by atoms with Gasteiger partial charge >= 0.3 is 0 Å². The van der Waals surface area contributed by atoms with E-state index >= 15 is 0 Å². The Hall–Kier alpha value is -1.11. The highest BCUT2D eigenvalue weighted by atomic mass is 35.5. The molecule has 2 N–H and O–H groups in total. The zero-order valence-electron chi connectivity index (χ0n) is 12.4. The first kappa shape index (κ1) is 16.3. The normalized spacial score (nSPS) is 14.0. The molecule has 0 aliphatic rings. The molecule has 0 bridgehead atoms. The highest BCUT2D eigenvalue weighted by Gasteiger charge is 2.20. The molecule has 1 heterocycles. The smallest absolute Gasteiger partial charge is 0.147 e. The first-order valence-corrected chi connectivity index (χ1v) is 9.23. The SMILES string of the molecule is CC(C)n1c(C(N)CCS(C)(=O)=O)nc2ccc(Cl)cc21. The van der Waals surface area contributed by atoms with E-state index in [1.807, 2.05) is 30.5 Å². The van der Waals surface area contributed by atoms with E-state index in [4.69, 9.17) is 17.3 Å². The van der Waals surface area contributed by atoms with E-state index in [2.05, 4.69) is 4.98 Å². The van der Waals surface area contributed by atoms with Crippen molar-refractivity contribution in [3.05, 3.63) is 29.0 Å². The minimum absolute atomic E-state index is 0.0518. The van der Waals surface area contributed by atoms with Crippen LogP contribution in [0.1, 0.15) is 38.2 Å². The third-order valence-electron chi connectivity index (χ3n) is 3.33. The van der Waals surface area contributed by atoms with Gasteiger partial charge < -0.3 is 10.3 Å². The minimum atomic E-state index is -3.04. The number of aromatic nitrogens is 2. The first-order chi connectivity index (χ1) is 9.69. The van der Waals surface area contributed by atoms with Crippen molar-refractivity contribution in [3.8, 4) is 0 Å². The number of nitrogens with zero attached hydrogens (tertiary/aromatic N) is 2. The molecule has 7 heteroatoms. The molecule has 0 amide bonds. The zero-order valence-corrected chi connectivity index (χ0v) is 13.9. The lowest BCUT2D eigenvalue weighted by atomic mass is 10.2. The average molecular weight is 330 g/mol. The van der Waals surface area contributed by atoms with Crippen LogP contribution in [0, 0.1) is 0 Å². The van der Waals surface area contributed by atoms with Crippen LogP contribution in [0.5, 0.6) is 0 Å². The minimum Gasteiger partial charge on any atom is -0.324 e. The molecule has 2 aromatic rings. The van der Waals surface area contributed by atoms with E-state index in [1.165, 1.54) is 6.26 Å². The van der Waals surface area contributed by atoms with Gasteiger partial charge in [-0.15, -0.1) is 0 Å². The van der Waals surface area contributed by atoms with Crippen LogP contribution in [0.2, 0.25) is 5.02 Å². The third-order valence-corrected chi connectivity index (χ3v) is 4.54. The molecule has 1 aromatic carbocycles. The van der Waals surface area contributed by atoms with Gasteiger partial charge in [0.2, 0.25) is 0 Å². The van der Waals surface area contributed by atoms with Gasteiger partial charge in [-0.2, -0.15) is 0 Å². The van der Waals surface area contributed by atoms with E-state index in [1.54, 1.807) is 6.07 Å². The van der Waals surface area contributed by atoms with Gasteiger partial charge in [0.25, 0.3) is 0 Å². The topological polar surface area (TPSA) is 78.0 Å². The predicted octanol–water partition coefficient (Wildman–Crippen LogP) is 2.71. The van der Waals surface area contributed by atoms with Crippen LogP contribution in [0.3, 0.4) is 0 Å². The lowest BCUT2D eigenvalue weighted by Crippen LogP contribution is -2.20. The van der Waals surface area contributed by atoms with E-state index in [9.17, 15) is 8.42 Å². The number of hydrogen-bond donors (Lipinski definition) is 1. The van der Waals surface area contributed by atoms with Crippen molar-refractivity contribution >= 4 is 32.5 Å². The van der Waals surface area contributed by atoms with E-state index in [0.717, 1.165) is 11.0 Å². The number of imidazole rings is 1. The van der Waals surface area contributed by atoms with Crippen LogP contribution in [0.15, 0.2) is 18.2 Å². The molecule has 116 valence electrons. The van der Waals surface area contributed by atoms with Crippen LogP contribution in [0.25, 0.3) is 11.0 Å². The maximum Gasteiger partial charge on any atom is 0.147 e. The van der Waals surface area contributed by atoms with Crippen LogP contribution >= 0.6 is 11.6 Å². The summed E-state index contributed by atoms with van der Waals surface area (Å²) in [6.45, 7) is 4.07. The van der Waals surface area contributed by atoms with Crippen molar-refractivity contribution in [3.63, 3.8) is 0 Å². The predicted molar refractivity (Wildman–Crippen MR) is 86.4 cm³/mol. The van der Waals surface area contributed by atoms with Gasteiger partial charge in [-0.3, -0.25) is 0 Å². The molecular weight excluding hydrogens is 310 g/mol. The number of fused-ring (bicyclic) bond motifs is 1. The Bertz CT molecular complexity index is 753. The number of rotatable bonds is 5. The maximum absolute atomic E-state index is 11.3. The molecule has 2 rings (SSSR count). The molecule has 0 spiro atoms. The number of sulfone groups is 1. The quantitative estimate of drug-likeness (QED) is 0.914. The maximum atomic E-state index is 11.3. The molecule has 1 aromatic heterocycles. The summed E-state index contributed by atoms with van der Waals surface area (Å²) in [4.78, 5) is 4.56. The van der Waals surface area contributed by atoms with E-state index in [0.29, 0.717) is 17.3 Å². The molecule has 0 aliphatic carbocycles. The summed E-state index contributed by atoms with van der Waals surface area (Å²) in [6, 6.07) is 5.23. The Balaban J connectivity index is 2.45. The zero-order chi connectivity index (χ0) is 15.8. The van der Waals surface area contributed by atoms with Crippen LogP contribution < -0.4 is 5.73 Å². The summed E-state index contributed by atoms with van der Waals surface area (Å²) in [5.74, 6) is 0.752. The lowest BCUT2D eigenvalue weighted by molar-refractivity contribution is 0.531. The summed E-state index contributed by atoms with van der Waals surface area (Å²) in [5, 5.41) is 0.639. The monoisotopic (exact) mass is 329 g/mol. The van der Waals surface area contributed by atoms with Gasteiger partial charge in [-0.05, 0) is 38.5 Å². The average Bonchev–Trinajstić information content (AvgIpc) is 2.73. The number of hydrogen-bond acceptors (Lipinski definition) is 4. The fraction of sp³-hybridized carbons (Fsp3) is 0.500. The third kappa shape index (κ3) is 3.75. The summed E-state index contributed by atoms with van der Waals surface area (Å²) >= 11 is 6.05. The molecule has 21 heavy (non-hydrogen) atoms. The Morgan fingerprint density at radius 2 is 2.05 bits per heavy atom. The summed E-state index contributed by atoms with van der Waals surface area (Å²) in [7, 11) is -3.04. The summed E-state index contributed by atoms with van der Waals surface area (Å²) < 4.78 is 24.6. The van der Waals surface area contributed by atoms with Crippen LogP contribution in [-0.2, 0) is 9.84 Å². The van der Waals surface area contributed by atoms with E-state index < -0.39 is 15.9 Å². The van der Waals surface area contributed by atoms with Crippen molar-refractivity contribution in [2.45, 2.75) is 32.4 Å². The Kier molecular flexibility index (Phi) is 4.60. The number of halogens is 1. The molecule has 5 nitrogen and oxygen atoms in total. The fourth-order valence-electron chi connectivity index (χ4n) is 2.36. The van der Waals surface area contributed by atoms with Crippen molar-refractivity contribution in [2.24, 2.45) is 5.73 Å². The second kappa shape index (κ2) is 5.94. The van der Waals surface area contributed by atoms with Gasteiger partial charge in [-0.25, -0.2) is 13.4 Å². The molecule has 0 saturated heterocycles.